The maximum atomic E-state index is 12.5. The Labute approximate surface area is 140 Å². The van der Waals surface area contributed by atoms with Gasteiger partial charge in [-0.3, -0.25) is 4.79 Å². The molecule has 0 aromatic heterocycles. The van der Waals surface area contributed by atoms with Crippen molar-refractivity contribution >= 4 is 29.2 Å². The average Bonchev–Trinajstić information content (AvgIpc) is 2.82. The van der Waals surface area contributed by atoms with Crippen LogP contribution in [-0.4, -0.2) is 61.1 Å². The van der Waals surface area contributed by atoms with Gasteiger partial charge in [0.15, 0.2) is 0 Å². The van der Waals surface area contributed by atoms with E-state index in [1.165, 1.54) is 0 Å². The van der Waals surface area contributed by atoms with Crippen LogP contribution in [0.15, 0.2) is 24.3 Å². The maximum absolute atomic E-state index is 12.5. The number of halogens is 1. The second-order valence-electron chi connectivity index (χ2n) is 6.19. The molecule has 1 N–H and O–H groups in total. The van der Waals surface area contributed by atoms with Crippen molar-refractivity contribution in [1.82, 2.24) is 9.80 Å². The quantitative estimate of drug-likeness (QED) is 0.898. The highest BCUT2D eigenvalue weighted by molar-refractivity contribution is 6.33. The van der Waals surface area contributed by atoms with Gasteiger partial charge in [-0.2, -0.15) is 0 Å². The van der Waals surface area contributed by atoms with Crippen molar-refractivity contribution in [3.63, 3.8) is 0 Å². The van der Waals surface area contributed by atoms with Crippen LogP contribution in [0.2, 0.25) is 5.02 Å². The van der Waals surface area contributed by atoms with Gasteiger partial charge in [0.25, 0.3) is 0 Å². The summed E-state index contributed by atoms with van der Waals surface area (Å²) in [5.41, 5.74) is 0.582. The third-order valence-electron chi connectivity index (χ3n) is 4.32. The molecule has 0 saturated carbocycles. The Bertz CT molecular complexity index is 622. The molecule has 0 unspecified atom stereocenters. The Balaban J connectivity index is 1.66. The first kappa shape index (κ1) is 16.1. The number of nitrogens with zero attached hydrogens (tertiary/aromatic N) is 2. The summed E-state index contributed by atoms with van der Waals surface area (Å²) in [5.74, 6) is -0.112. The highest BCUT2D eigenvalue weighted by Crippen LogP contribution is 2.33. The van der Waals surface area contributed by atoms with Crippen molar-refractivity contribution in [3.05, 3.63) is 29.3 Å². The molecule has 2 bridgehead atoms. The molecule has 1 aromatic rings. The first-order chi connectivity index (χ1) is 11.0. The number of benzene rings is 1. The topological polar surface area (TPSA) is 61.9 Å². The number of amides is 3. The molecule has 124 valence electrons. The zero-order valence-electron chi connectivity index (χ0n) is 13.2. The summed E-state index contributed by atoms with van der Waals surface area (Å²) in [4.78, 5) is 27.9. The van der Waals surface area contributed by atoms with Gasteiger partial charge in [0.1, 0.15) is 0 Å². The number of anilines is 1. The number of likely N-dealkylation sites (tertiary alicyclic amines) is 1. The van der Waals surface area contributed by atoms with Crippen LogP contribution in [0.5, 0.6) is 0 Å². The van der Waals surface area contributed by atoms with E-state index in [1.807, 2.05) is 12.1 Å². The lowest BCUT2D eigenvalue weighted by Crippen LogP contribution is -2.49. The fourth-order valence-electron chi connectivity index (χ4n) is 3.17. The SMILES string of the molecule is CN(C)C(=O)[C@@H]1C[C@H]2CN(C(=O)Nc3ccccc3Cl)C[C@H]1O2. The van der Waals surface area contributed by atoms with Gasteiger partial charge in [-0.1, -0.05) is 23.7 Å². The van der Waals surface area contributed by atoms with E-state index in [0.29, 0.717) is 30.2 Å². The summed E-state index contributed by atoms with van der Waals surface area (Å²) in [7, 11) is 3.49. The normalized spacial score (nSPS) is 26.0. The third kappa shape index (κ3) is 3.28. The molecule has 0 aliphatic carbocycles. The van der Waals surface area contributed by atoms with Crippen LogP contribution in [0.1, 0.15) is 6.42 Å². The van der Waals surface area contributed by atoms with Crippen molar-refractivity contribution in [2.24, 2.45) is 5.92 Å². The van der Waals surface area contributed by atoms with E-state index in [-0.39, 0.29) is 30.1 Å². The van der Waals surface area contributed by atoms with Crippen LogP contribution in [0, 0.1) is 5.92 Å². The Morgan fingerprint density at radius 1 is 1.30 bits per heavy atom. The van der Waals surface area contributed by atoms with Crippen LogP contribution in [0.3, 0.4) is 0 Å². The Morgan fingerprint density at radius 3 is 2.74 bits per heavy atom. The molecule has 3 atom stereocenters. The minimum absolute atomic E-state index is 0.0610. The van der Waals surface area contributed by atoms with E-state index in [0.717, 1.165) is 0 Å². The molecule has 2 heterocycles. The second-order valence-corrected chi connectivity index (χ2v) is 6.59. The number of para-hydroxylation sites is 1. The first-order valence-electron chi connectivity index (χ1n) is 7.63. The number of rotatable bonds is 2. The molecule has 1 aromatic carbocycles. The van der Waals surface area contributed by atoms with E-state index in [1.54, 1.807) is 36.0 Å². The lowest BCUT2D eigenvalue weighted by molar-refractivity contribution is -0.135. The van der Waals surface area contributed by atoms with Gasteiger partial charge in [0.05, 0.1) is 28.8 Å². The monoisotopic (exact) mass is 337 g/mol. The molecule has 3 rings (SSSR count). The van der Waals surface area contributed by atoms with Crippen molar-refractivity contribution in [2.75, 3.05) is 32.5 Å². The van der Waals surface area contributed by atoms with Crippen molar-refractivity contribution in [2.45, 2.75) is 18.6 Å². The molecule has 7 heteroatoms. The summed E-state index contributed by atoms with van der Waals surface area (Å²) in [5, 5.41) is 3.32. The molecule has 2 fully saturated rings. The molecule has 23 heavy (non-hydrogen) atoms. The van der Waals surface area contributed by atoms with Gasteiger partial charge in [-0.05, 0) is 18.6 Å². The number of hydrogen-bond acceptors (Lipinski definition) is 3. The smallest absolute Gasteiger partial charge is 0.322 e. The largest absolute Gasteiger partial charge is 0.370 e. The molecule has 2 aliphatic heterocycles. The predicted octanol–water partition coefficient (Wildman–Crippen LogP) is 2.05. The van der Waals surface area contributed by atoms with Crippen LogP contribution in [0.4, 0.5) is 10.5 Å². The van der Waals surface area contributed by atoms with Crippen LogP contribution >= 0.6 is 11.6 Å². The third-order valence-corrected chi connectivity index (χ3v) is 4.65. The summed E-state index contributed by atoms with van der Waals surface area (Å²) >= 11 is 6.07. The predicted molar refractivity (Wildman–Crippen MR) is 87.5 cm³/mol. The highest BCUT2D eigenvalue weighted by atomic mass is 35.5. The van der Waals surface area contributed by atoms with Crippen molar-refractivity contribution in [3.8, 4) is 0 Å². The van der Waals surface area contributed by atoms with Gasteiger partial charge in [-0.15, -0.1) is 0 Å². The highest BCUT2D eigenvalue weighted by Gasteiger charge is 2.46. The Morgan fingerprint density at radius 2 is 2.04 bits per heavy atom. The van der Waals surface area contributed by atoms with Crippen molar-refractivity contribution < 1.29 is 14.3 Å². The summed E-state index contributed by atoms with van der Waals surface area (Å²) in [6, 6.07) is 6.90. The number of carbonyl (C=O) groups excluding carboxylic acids is 2. The molecule has 6 nitrogen and oxygen atoms in total. The van der Waals surface area contributed by atoms with Crippen molar-refractivity contribution in [1.29, 1.82) is 0 Å². The van der Waals surface area contributed by atoms with Gasteiger partial charge >= 0.3 is 6.03 Å². The second kappa shape index (κ2) is 6.37. The lowest BCUT2D eigenvalue weighted by Gasteiger charge is -2.33. The van der Waals surface area contributed by atoms with Gasteiger partial charge < -0.3 is 19.9 Å². The number of ether oxygens (including phenoxy) is 1. The summed E-state index contributed by atoms with van der Waals surface area (Å²) in [6.07, 6.45) is 0.345. The fraction of sp³-hybridized carbons (Fsp3) is 0.500. The maximum Gasteiger partial charge on any atom is 0.322 e. The zero-order chi connectivity index (χ0) is 16.6. The van der Waals surface area contributed by atoms with E-state index < -0.39 is 0 Å². The zero-order valence-corrected chi connectivity index (χ0v) is 13.9. The molecule has 3 amide bonds. The molecular weight excluding hydrogens is 318 g/mol. The minimum atomic E-state index is -0.236. The van der Waals surface area contributed by atoms with E-state index in [4.69, 9.17) is 16.3 Å². The van der Waals surface area contributed by atoms with Crippen LogP contribution in [0.25, 0.3) is 0 Å². The van der Waals surface area contributed by atoms with Crippen LogP contribution in [-0.2, 0) is 9.53 Å². The molecule has 0 spiro atoms. The number of carbonyl (C=O) groups is 2. The average molecular weight is 338 g/mol. The molecule has 2 saturated heterocycles. The molecular formula is C16H20ClN3O3. The number of nitrogens with one attached hydrogen (secondary N) is 1. The standard InChI is InChI=1S/C16H20ClN3O3/c1-19(2)15(21)11-7-10-8-20(9-14(11)23-10)16(22)18-13-6-4-3-5-12(13)17/h3-6,10-11,14H,7-9H2,1-2H3,(H,18,22)/t10-,11+,14+/m0/s1. The van der Waals surface area contributed by atoms with Gasteiger partial charge in [0, 0.05) is 27.2 Å². The van der Waals surface area contributed by atoms with E-state index >= 15 is 0 Å². The molecule has 0 radical (unpaired) electrons. The first-order valence-corrected chi connectivity index (χ1v) is 8.00. The minimum Gasteiger partial charge on any atom is -0.370 e. The number of fused-ring (bicyclic) bond motifs is 2. The number of hydrogen-bond donors (Lipinski definition) is 1. The summed E-state index contributed by atoms with van der Waals surface area (Å²) in [6.45, 7) is 0.904. The summed E-state index contributed by atoms with van der Waals surface area (Å²) < 4.78 is 5.84. The Kier molecular flexibility index (Phi) is 4.46. The van der Waals surface area contributed by atoms with E-state index in [2.05, 4.69) is 5.32 Å². The number of urea groups is 1. The van der Waals surface area contributed by atoms with E-state index in [9.17, 15) is 9.59 Å². The lowest BCUT2D eigenvalue weighted by atomic mass is 9.99. The fourth-order valence-corrected chi connectivity index (χ4v) is 3.36. The van der Waals surface area contributed by atoms with Gasteiger partial charge in [0.2, 0.25) is 5.91 Å². The van der Waals surface area contributed by atoms with Gasteiger partial charge in [-0.25, -0.2) is 4.79 Å². The van der Waals surface area contributed by atoms with Crippen LogP contribution < -0.4 is 5.32 Å². The molecule has 2 aliphatic rings. The Hall–Kier alpha value is -1.79. The number of morpholine rings is 1.